The summed E-state index contributed by atoms with van der Waals surface area (Å²) in [5, 5.41) is 0. The van der Waals surface area contributed by atoms with Gasteiger partial charge in [0, 0.05) is 11.3 Å². The summed E-state index contributed by atoms with van der Waals surface area (Å²) in [6.07, 6.45) is 2.06. The van der Waals surface area contributed by atoms with Gasteiger partial charge in [-0.25, -0.2) is 0 Å². The zero-order valence-electron chi connectivity index (χ0n) is 31.0. The van der Waals surface area contributed by atoms with Crippen LogP contribution in [0.5, 0.6) is 0 Å². The van der Waals surface area contributed by atoms with Crippen molar-refractivity contribution in [1.29, 1.82) is 0 Å². The van der Waals surface area contributed by atoms with Crippen molar-refractivity contribution in [3.8, 4) is 55.6 Å². The first-order chi connectivity index (χ1) is 26.5. The Morgan fingerprint density at radius 1 is 0.352 bits per heavy atom. The third-order valence-electron chi connectivity index (χ3n) is 11.6. The first-order valence-electron chi connectivity index (χ1n) is 19.3. The number of hydrogen-bond acceptors (Lipinski definition) is 0. The highest BCUT2D eigenvalue weighted by Gasteiger charge is 2.35. The van der Waals surface area contributed by atoms with Crippen LogP contribution in [-0.4, -0.2) is 0 Å². The number of fused-ring (bicyclic) bond motifs is 3. The van der Waals surface area contributed by atoms with Crippen molar-refractivity contribution in [1.82, 2.24) is 0 Å². The molecule has 0 heterocycles. The van der Waals surface area contributed by atoms with E-state index in [-0.39, 0.29) is 5.41 Å². The first-order valence-corrected chi connectivity index (χ1v) is 19.3. The number of aryl methyl sites for hydroxylation is 1. The third-order valence-corrected chi connectivity index (χ3v) is 11.6. The molecule has 0 aliphatic heterocycles. The Morgan fingerprint density at radius 3 is 1.37 bits per heavy atom. The normalized spacial score (nSPS) is 13.2. The molecule has 8 aromatic carbocycles. The second kappa shape index (κ2) is 14.3. The molecule has 8 aromatic rings. The molecule has 1 aliphatic rings. The van der Waals surface area contributed by atoms with Gasteiger partial charge in [-0.05, 0) is 108 Å². The van der Waals surface area contributed by atoms with E-state index < -0.39 is 0 Å². The van der Waals surface area contributed by atoms with Crippen LogP contribution in [0.2, 0.25) is 0 Å². The molecule has 1 unspecified atom stereocenters. The molecule has 0 amide bonds. The maximum absolute atomic E-state index is 2.49. The van der Waals surface area contributed by atoms with Crippen LogP contribution < -0.4 is 0 Å². The topological polar surface area (TPSA) is 0 Å². The van der Waals surface area contributed by atoms with Crippen LogP contribution in [0.4, 0.5) is 0 Å². The van der Waals surface area contributed by atoms with E-state index in [2.05, 4.69) is 214 Å². The van der Waals surface area contributed by atoms with Gasteiger partial charge in [0.05, 0.1) is 0 Å². The monoisotopic (exact) mass is 692 g/mol. The largest absolute Gasteiger partial charge is 0.0622 e. The molecule has 0 spiro atoms. The minimum absolute atomic E-state index is 0.0762. The van der Waals surface area contributed by atoms with Gasteiger partial charge in [0.1, 0.15) is 0 Å². The Hall–Kier alpha value is -6.24. The fourth-order valence-electron chi connectivity index (χ4n) is 8.54. The molecule has 260 valence electrons. The lowest BCUT2D eigenvalue weighted by molar-refractivity contribution is 0.657. The zero-order chi connectivity index (χ0) is 36.5. The molecule has 0 bridgehead atoms. The van der Waals surface area contributed by atoms with Crippen LogP contribution in [0.15, 0.2) is 200 Å². The maximum Gasteiger partial charge on any atom is 0.0159 e. The standard InChI is InChI=1S/C54H44/c1-54(2)52-35-38(22-33-50(52)51-34-31-48(37-53(51)54)43-25-23-41(24-26-43)39-13-6-3-7-14-39)21-32-49(44-17-10-5-11-18-44)45-29-27-42(28-30-45)47-20-12-19-46(36-47)40-15-8-4-9-16-40/h3-20,22-31,33-37,49H,21,32H2,1-2H3. The predicted octanol–water partition coefficient (Wildman–Crippen LogP) is 14.4. The van der Waals surface area contributed by atoms with Gasteiger partial charge in [0.25, 0.3) is 0 Å². The van der Waals surface area contributed by atoms with Crippen molar-refractivity contribution in [2.75, 3.05) is 0 Å². The van der Waals surface area contributed by atoms with E-state index in [0.717, 1.165) is 12.8 Å². The number of hydrogen-bond donors (Lipinski definition) is 0. The Morgan fingerprint density at radius 2 is 0.759 bits per heavy atom. The Balaban J connectivity index is 0.953. The van der Waals surface area contributed by atoms with Gasteiger partial charge in [0.15, 0.2) is 0 Å². The summed E-state index contributed by atoms with van der Waals surface area (Å²) in [6.45, 7) is 4.79. The van der Waals surface area contributed by atoms with Gasteiger partial charge in [-0.1, -0.05) is 202 Å². The molecule has 0 saturated carbocycles. The van der Waals surface area contributed by atoms with Crippen LogP contribution in [0, 0.1) is 0 Å². The van der Waals surface area contributed by atoms with E-state index in [1.54, 1.807) is 0 Å². The molecule has 0 N–H and O–H groups in total. The summed E-state index contributed by atoms with van der Waals surface area (Å²) >= 11 is 0. The van der Waals surface area contributed by atoms with E-state index in [0.29, 0.717) is 5.92 Å². The Labute approximate surface area is 320 Å². The van der Waals surface area contributed by atoms with E-state index in [1.807, 2.05) is 0 Å². The highest BCUT2D eigenvalue weighted by Crippen LogP contribution is 2.50. The van der Waals surface area contributed by atoms with Gasteiger partial charge in [-0.2, -0.15) is 0 Å². The minimum atomic E-state index is -0.0762. The average Bonchev–Trinajstić information content (AvgIpc) is 3.47. The van der Waals surface area contributed by atoms with Gasteiger partial charge in [-0.3, -0.25) is 0 Å². The van der Waals surface area contributed by atoms with Crippen molar-refractivity contribution < 1.29 is 0 Å². The molecule has 0 heteroatoms. The van der Waals surface area contributed by atoms with Crippen LogP contribution in [0.25, 0.3) is 55.6 Å². The second-order valence-electron chi connectivity index (χ2n) is 15.3. The fraction of sp³-hybridized carbons (Fsp3) is 0.111. The van der Waals surface area contributed by atoms with E-state index in [1.165, 1.54) is 83.5 Å². The van der Waals surface area contributed by atoms with Crippen LogP contribution in [-0.2, 0) is 11.8 Å². The van der Waals surface area contributed by atoms with Gasteiger partial charge in [-0.15, -0.1) is 0 Å². The number of benzene rings is 8. The van der Waals surface area contributed by atoms with Crippen LogP contribution >= 0.6 is 0 Å². The molecule has 9 rings (SSSR count). The molecule has 1 atom stereocenters. The summed E-state index contributed by atoms with van der Waals surface area (Å²) < 4.78 is 0. The second-order valence-corrected chi connectivity index (χ2v) is 15.3. The predicted molar refractivity (Wildman–Crippen MR) is 229 cm³/mol. The zero-order valence-corrected chi connectivity index (χ0v) is 31.0. The Kier molecular flexibility index (Phi) is 8.89. The fourth-order valence-corrected chi connectivity index (χ4v) is 8.54. The molecule has 0 aromatic heterocycles. The lowest BCUT2D eigenvalue weighted by Gasteiger charge is -2.23. The minimum Gasteiger partial charge on any atom is -0.0622 e. The summed E-state index contributed by atoms with van der Waals surface area (Å²) in [5.74, 6) is 0.310. The molecule has 0 nitrogen and oxygen atoms in total. The van der Waals surface area contributed by atoms with E-state index in [4.69, 9.17) is 0 Å². The molecular weight excluding hydrogens is 649 g/mol. The van der Waals surface area contributed by atoms with E-state index in [9.17, 15) is 0 Å². The van der Waals surface area contributed by atoms with E-state index >= 15 is 0 Å². The average molecular weight is 693 g/mol. The van der Waals surface area contributed by atoms with Crippen molar-refractivity contribution in [2.24, 2.45) is 0 Å². The van der Waals surface area contributed by atoms with Crippen molar-refractivity contribution >= 4 is 0 Å². The highest BCUT2D eigenvalue weighted by atomic mass is 14.4. The third kappa shape index (κ3) is 6.50. The molecule has 0 radical (unpaired) electrons. The van der Waals surface area contributed by atoms with Crippen LogP contribution in [0.1, 0.15) is 54.0 Å². The molecular formula is C54H44. The summed E-state index contributed by atoms with van der Waals surface area (Å²) in [4.78, 5) is 0. The smallest absolute Gasteiger partial charge is 0.0159 e. The maximum atomic E-state index is 2.49. The van der Waals surface area contributed by atoms with Gasteiger partial charge in [0.2, 0.25) is 0 Å². The van der Waals surface area contributed by atoms with Crippen molar-refractivity contribution in [2.45, 2.75) is 38.0 Å². The molecule has 0 saturated heterocycles. The van der Waals surface area contributed by atoms with Gasteiger partial charge >= 0.3 is 0 Å². The quantitative estimate of drug-likeness (QED) is 0.141. The SMILES string of the molecule is CC1(C)c2cc(CCC(c3ccccc3)c3ccc(-c4cccc(-c5ccccc5)c4)cc3)ccc2-c2ccc(-c3ccc(-c4ccccc4)cc3)cc21. The van der Waals surface area contributed by atoms with Crippen molar-refractivity contribution in [3.63, 3.8) is 0 Å². The summed E-state index contributed by atoms with van der Waals surface area (Å²) in [5.41, 5.74) is 19.6. The summed E-state index contributed by atoms with van der Waals surface area (Å²) in [6, 6.07) is 73.8. The highest BCUT2D eigenvalue weighted by molar-refractivity contribution is 5.84. The van der Waals surface area contributed by atoms with Crippen LogP contribution in [0.3, 0.4) is 0 Å². The first kappa shape index (κ1) is 33.6. The lowest BCUT2D eigenvalue weighted by atomic mass is 9.80. The molecule has 54 heavy (non-hydrogen) atoms. The van der Waals surface area contributed by atoms with Crippen molar-refractivity contribution in [3.05, 3.63) is 228 Å². The Bertz CT molecular complexity index is 2520. The van der Waals surface area contributed by atoms with Gasteiger partial charge < -0.3 is 0 Å². The lowest BCUT2D eigenvalue weighted by Crippen LogP contribution is -2.15. The molecule has 1 aliphatic carbocycles. The summed E-state index contributed by atoms with van der Waals surface area (Å²) in [7, 11) is 0. The number of rotatable bonds is 9. The molecule has 0 fully saturated rings.